The summed E-state index contributed by atoms with van der Waals surface area (Å²) in [5.74, 6) is 1.76. The van der Waals surface area contributed by atoms with Crippen LogP contribution in [-0.2, 0) is 6.54 Å². The first-order chi connectivity index (χ1) is 11.8. The summed E-state index contributed by atoms with van der Waals surface area (Å²) in [7, 11) is 0. The molecule has 0 aliphatic heterocycles. The fraction of sp³-hybridized carbons (Fsp3) is 0.111. The number of benzene rings is 1. The third kappa shape index (κ3) is 2.75. The minimum absolute atomic E-state index is 0.448. The van der Waals surface area contributed by atoms with Crippen molar-refractivity contribution in [3.63, 3.8) is 0 Å². The van der Waals surface area contributed by atoms with E-state index in [0.29, 0.717) is 23.9 Å². The summed E-state index contributed by atoms with van der Waals surface area (Å²) >= 11 is 0. The fourth-order valence-electron chi connectivity index (χ4n) is 2.58. The molecule has 1 atom stereocenters. The smallest absolute Gasteiger partial charge is 0.202 e. The lowest BCUT2D eigenvalue weighted by atomic mass is 10.1. The third-order valence-electron chi connectivity index (χ3n) is 3.76. The van der Waals surface area contributed by atoms with E-state index < -0.39 is 6.10 Å². The highest BCUT2D eigenvalue weighted by molar-refractivity contribution is 5.49. The highest BCUT2D eigenvalue weighted by Crippen LogP contribution is 2.23. The van der Waals surface area contributed by atoms with Gasteiger partial charge in [0.05, 0.1) is 12.8 Å². The van der Waals surface area contributed by atoms with Gasteiger partial charge in [-0.2, -0.15) is 0 Å². The van der Waals surface area contributed by atoms with Crippen LogP contribution >= 0.6 is 0 Å². The summed E-state index contributed by atoms with van der Waals surface area (Å²) in [5.41, 5.74) is 1.52. The Bertz CT molecular complexity index is 910. The van der Waals surface area contributed by atoms with Gasteiger partial charge in [-0.15, -0.1) is 0 Å². The summed E-state index contributed by atoms with van der Waals surface area (Å²) in [6.07, 6.45) is 4.26. The number of furan rings is 1. The van der Waals surface area contributed by atoms with E-state index in [0.717, 1.165) is 11.3 Å². The van der Waals surface area contributed by atoms with Gasteiger partial charge in [0.1, 0.15) is 17.6 Å². The van der Waals surface area contributed by atoms with Crippen LogP contribution in [0.4, 0.5) is 0 Å². The van der Waals surface area contributed by atoms with Crippen LogP contribution < -0.4 is 0 Å². The highest BCUT2D eigenvalue weighted by atomic mass is 16.5. The summed E-state index contributed by atoms with van der Waals surface area (Å²) in [4.78, 5) is 4.28. The van der Waals surface area contributed by atoms with E-state index in [2.05, 4.69) is 10.1 Å². The number of aliphatic hydroxyl groups is 1. The van der Waals surface area contributed by atoms with Crippen molar-refractivity contribution in [1.82, 2.24) is 14.7 Å². The molecule has 3 aromatic heterocycles. The maximum atomic E-state index is 10.6. The van der Waals surface area contributed by atoms with Crippen LogP contribution in [0.1, 0.15) is 23.2 Å². The molecule has 0 unspecified atom stereocenters. The van der Waals surface area contributed by atoms with E-state index in [-0.39, 0.29) is 0 Å². The SMILES string of the molecule is O[C@@H](c1ccccc1)c1nccn1Cc1cc(-c2ccco2)on1. The summed E-state index contributed by atoms with van der Waals surface area (Å²) < 4.78 is 12.4. The van der Waals surface area contributed by atoms with Crippen LogP contribution in [0.3, 0.4) is 0 Å². The van der Waals surface area contributed by atoms with E-state index in [1.807, 2.05) is 53.2 Å². The van der Waals surface area contributed by atoms with Gasteiger partial charge in [-0.25, -0.2) is 4.98 Å². The monoisotopic (exact) mass is 321 g/mol. The molecular formula is C18H15N3O3. The molecule has 0 radical (unpaired) electrons. The average Bonchev–Trinajstić information content (AvgIpc) is 3.37. The number of aliphatic hydroxyl groups excluding tert-OH is 1. The lowest BCUT2D eigenvalue weighted by Crippen LogP contribution is -2.10. The molecule has 6 heteroatoms. The van der Waals surface area contributed by atoms with Crippen LogP contribution in [0.25, 0.3) is 11.5 Å². The maximum absolute atomic E-state index is 10.6. The first-order valence-corrected chi connectivity index (χ1v) is 7.55. The van der Waals surface area contributed by atoms with Crippen molar-refractivity contribution in [2.75, 3.05) is 0 Å². The molecule has 0 bridgehead atoms. The molecule has 0 fully saturated rings. The van der Waals surface area contributed by atoms with E-state index >= 15 is 0 Å². The van der Waals surface area contributed by atoms with Crippen molar-refractivity contribution in [3.05, 3.63) is 84.3 Å². The van der Waals surface area contributed by atoms with Crippen molar-refractivity contribution in [3.8, 4) is 11.5 Å². The zero-order chi connectivity index (χ0) is 16.4. The molecule has 0 spiro atoms. The number of imidazole rings is 1. The van der Waals surface area contributed by atoms with Gasteiger partial charge in [0.25, 0.3) is 0 Å². The van der Waals surface area contributed by atoms with Gasteiger partial charge in [0.15, 0.2) is 5.76 Å². The Balaban J connectivity index is 1.57. The average molecular weight is 321 g/mol. The molecule has 0 saturated carbocycles. The number of hydrogen-bond donors (Lipinski definition) is 1. The molecule has 3 heterocycles. The molecule has 6 nitrogen and oxygen atoms in total. The first kappa shape index (κ1) is 14.5. The third-order valence-corrected chi connectivity index (χ3v) is 3.76. The largest absolute Gasteiger partial charge is 0.461 e. The number of nitrogens with zero attached hydrogens (tertiary/aromatic N) is 3. The van der Waals surface area contributed by atoms with Crippen molar-refractivity contribution in [2.24, 2.45) is 0 Å². The summed E-state index contributed by atoms with van der Waals surface area (Å²) in [5, 5.41) is 14.6. The second-order valence-corrected chi connectivity index (χ2v) is 5.39. The summed E-state index contributed by atoms with van der Waals surface area (Å²) in [6.45, 7) is 0.448. The predicted molar refractivity (Wildman–Crippen MR) is 86.0 cm³/mol. The lowest BCUT2D eigenvalue weighted by molar-refractivity contribution is 0.205. The number of aromatic nitrogens is 3. The number of hydrogen-bond acceptors (Lipinski definition) is 5. The zero-order valence-electron chi connectivity index (χ0n) is 12.7. The van der Waals surface area contributed by atoms with Crippen molar-refractivity contribution >= 4 is 0 Å². The molecule has 120 valence electrons. The van der Waals surface area contributed by atoms with Crippen LogP contribution in [0, 0.1) is 0 Å². The van der Waals surface area contributed by atoms with E-state index in [4.69, 9.17) is 8.94 Å². The van der Waals surface area contributed by atoms with E-state index in [1.165, 1.54) is 0 Å². The van der Waals surface area contributed by atoms with Gasteiger partial charge in [0.2, 0.25) is 5.76 Å². The van der Waals surface area contributed by atoms with Crippen LogP contribution in [0.15, 0.2) is 76.1 Å². The minimum atomic E-state index is -0.794. The van der Waals surface area contributed by atoms with Gasteiger partial charge >= 0.3 is 0 Å². The Morgan fingerprint density at radius 1 is 1.08 bits per heavy atom. The Kier molecular flexibility index (Phi) is 3.72. The second-order valence-electron chi connectivity index (χ2n) is 5.39. The van der Waals surface area contributed by atoms with Gasteiger partial charge in [-0.3, -0.25) is 0 Å². The minimum Gasteiger partial charge on any atom is -0.461 e. The maximum Gasteiger partial charge on any atom is 0.202 e. The molecule has 0 amide bonds. The molecule has 1 aromatic carbocycles. The molecule has 24 heavy (non-hydrogen) atoms. The molecule has 1 N–H and O–H groups in total. The highest BCUT2D eigenvalue weighted by Gasteiger charge is 2.17. The molecule has 4 aromatic rings. The molecule has 0 saturated heterocycles. The molecule has 0 aliphatic rings. The van der Waals surface area contributed by atoms with Crippen LogP contribution in [0.5, 0.6) is 0 Å². The standard InChI is InChI=1S/C18H15N3O3/c22-17(13-5-2-1-3-6-13)18-19-8-9-21(18)12-14-11-16(24-20-14)15-7-4-10-23-15/h1-11,17,22H,12H2/t17-/m0/s1. The fourth-order valence-corrected chi connectivity index (χ4v) is 2.58. The van der Waals surface area contributed by atoms with Gasteiger partial charge < -0.3 is 18.6 Å². The topological polar surface area (TPSA) is 77.2 Å². The van der Waals surface area contributed by atoms with Crippen molar-refractivity contribution < 1.29 is 14.0 Å². The van der Waals surface area contributed by atoms with Crippen LogP contribution in [0.2, 0.25) is 0 Å². The van der Waals surface area contributed by atoms with Crippen molar-refractivity contribution in [2.45, 2.75) is 12.6 Å². The summed E-state index contributed by atoms with van der Waals surface area (Å²) in [6, 6.07) is 14.8. The first-order valence-electron chi connectivity index (χ1n) is 7.55. The van der Waals surface area contributed by atoms with Crippen molar-refractivity contribution in [1.29, 1.82) is 0 Å². The van der Waals surface area contributed by atoms with E-state index in [9.17, 15) is 5.11 Å². The molecule has 4 rings (SSSR count). The van der Waals surface area contributed by atoms with Gasteiger partial charge in [-0.05, 0) is 17.7 Å². The van der Waals surface area contributed by atoms with Gasteiger partial charge in [-0.1, -0.05) is 35.5 Å². The predicted octanol–water partition coefficient (Wildman–Crippen LogP) is 3.26. The van der Waals surface area contributed by atoms with E-state index in [1.54, 1.807) is 18.5 Å². The Morgan fingerprint density at radius 3 is 2.75 bits per heavy atom. The quantitative estimate of drug-likeness (QED) is 0.610. The lowest BCUT2D eigenvalue weighted by Gasteiger charge is -2.12. The van der Waals surface area contributed by atoms with Crippen LogP contribution in [-0.4, -0.2) is 19.8 Å². The molecular weight excluding hydrogens is 306 g/mol. The molecule has 0 aliphatic carbocycles. The Labute approximate surface area is 138 Å². The Hall–Kier alpha value is -3.12. The number of rotatable bonds is 5. The second kappa shape index (κ2) is 6.17. The normalized spacial score (nSPS) is 12.4. The zero-order valence-corrected chi connectivity index (χ0v) is 12.7. The van der Waals surface area contributed by atoms with Gasteiger partial charge in [0, 0.05) is 18.5 Å². The Morgan fingerprint density at radius 2 is 1.96 bits per heavy atom.